The Hall–Kier alpha value is -2.86. The summed E-state index contributed by atoms with van der Waals surface area (Å²) in [7, 11) is 0. The lowest BCUT2D eigenvalue weighted by Crippen LogP contribution is -2.44. The molecule has 2 aromatic carbocycles. The first-order chi connectivity index (χ1) is 15.6. The number of amides is 1. The molecule has 0 spiro atoms. The number of nitrogens with zero attached hydrogens (tertiary/aromatic N) is 1. The third-order valence-electron chi connectivity index (χ3n) is 6.23. The topological polar surface area (TPSA) is 78.9 Å². The van der Waals surface area contributed by atoms with Gasteiger partial charge in [0.25, 0.3) is 5.91 Å². The highest BCUT2D eigenvalue weighted by atomic mass is 16.5. The SMILES string of the molecule is O=C(O)CCCC/C=C(\COc1ccc2ccccc2c1)C(=O)N(C1CC1)C1CCNC1. The van der Waals surface area contributed by atoms with Gasteiger partial charge in [0.05, 0.1) is 5.57 Å². The third-order valence-corrected chi connectivity index (χ3v) is 6.23. The van der Waals surface area contributed by atoms with Gasteiger partial charge in [0, 0.05) is 25.0 Å². The number of allylic oxidation sites excluding steroid dienone is 1. The van der Waals surface area contributed by atoms with Crippen LogP contribution in [0.1, 0.15) is 44.9 Å². The Bertz CT molecular complexity index is 977. The number of nitrogens with one attached hydrogen (secondary N) is 1. The van der Waals surface area contributed by atoms with E-state index in [1.807, 2.05) is 36.4 Å². The lowest BCUT2D eigenvalue weighted by molar-refractivity contribution is -0.137. The first-order valence-corrected chi connectivity index (χ1v) is 11.7. The molecule has 2 aromatic rings. The summed E-state index contributed by atoms with van der Waals surface area (Å²) in [5.74, 6) is 0.0348. The van der Waals surface area contributed by atoms with Crippen LogP contribution in [0.4, 0.5) is 0 Å². The monoisotopic (exact) mass is 436 g/mol. The van der Waals surface area contributed by atoms with E-state index in [0.717, 1.165) is 55.3 Å². The summed E-state index contributed by atoms with van der Waals surface area (Å²) in [6.45, 7) is 2.02. The highest BCUT2D eigenvalue weighted by Crippen LogP contribution is 2.32. The summed E-state index contributed by atoms with van der Waals surface area (Å²) in [6.07, 6.45) is 7.27. The van der Waals surface area contributed by atoms with Gasteiger partial charge in [-0.15, -0.1) is 0 Å². The molecule has 0 radical (unpaired) electrons. The Morgan fingerprint density at radius 1 is 1.06 bits per heavy atom. The fourth-order valence-electron chi connectivity index (χ4n) is 4.35. The minimum atomic E-state index is -0.779. The number of carbonyl (C=O) groups is 2. The smallest absolute Gasteiger partial charge is 0.303 e. The predicted molar refractivity (Wildman–Crippen MR) is 125 cm³/mol. The maximum atomic E-state index is 13.6. The summed E-state index contributed by atoms with van der Waals surface area (Å²) in [5, 5.41) is 14.5. The van der Waals surface area contributed by atoms with Crippen molar-refractivity contribution in [1.29, 1.82) is 0 Å². The Morgan fingerprint density at radius 3 is 2.59 bits per heavy atom. The first-order valence-electron chi connectivity index (χ1n) is 11.7. The van der Waals surface area contributed by atoms with Crippen LogP contribution < -0.4 is 10.1 Å². The number of unbranched alkanes of at least 4 members (excludes halogenated alkanes) is 2. The molecular formula is C26H32N2O4. The van der Waals surface area contributed by atoms with Gasteiger partial charge in [0.1, 0.15) is 12.4 Å². The summed E-state index contributed by atoms with van der Waals surface area (Å²) in [4.78, 5) is 26.4. The van der Waals surface area contributed by atoms with E-state index < -0.39 is 5.97 Å². The van der Waals surface area contributed by atoms with Crippen molar-refractivity contribution in [3.8, 4) is 5.75 Å². The molecule has 1 saturated carbocycles. The fourth-order valence-corrected chi connectivity index (χ4v) is 4.35. The third kappa shape index (κ3) is 5.88. The van der Waals surface area contributed by atoms with Crippen molar-refractivity contribution >= 4 is 22.6 Å². The van der Waals surface area contributed by atoms with Crippen LogP contribution in [0.15, 0.2) is 54.1 Å². The average Bonchev–Trinajstić information content (AvgIpc) is 3.48. The number of rotatable bonds is 11. The Kier molecular flexibility index (Phi) is 7.43. The molecule has 32 heavy (non-hydrogen) atoms. The number of benzene rings is 2. The highest BCUT2D eigenvalue weighted by molar-refractivity contribution is 5.94. The summed E-state index contributed by atoms with van der Waals surface area (Å²) < 4.78 is 6.08. The molecule has 0 aromatic heterocycles. The molecule has 1 amide bonds. The van der Waals surface area contributed by atoms with E-state index in [1.54, 1.807) is 0 Å². The Morgan fingerprint density at radius 2 is 1.88 bits per heavy atom. The minimum absolute atomic E-state index is 0.0697. The number of hydrogen-bond acceptors (Lipinski definition) is 4. The van der Waals surface area contributed by atoms with E-state index in [9.17, 15) is 9.59 Å². The molecule has 1 heterocycles. The number of hydrogen-bond donors (Lipinski definition) is 2. The Labute approximate surface area is 189 Å². The number of fused-ring (bicyclic) bond motifs is 1. The van der Waals surface area contributed by atoms with Gasteiger partial charge in [-0.2, -0.15) is 0 Å². The van der Waals surface area contributed by atoms with Gasteiger partial charge >= 0.3 is 5.97 Å². The molecule has 1 aliphatic carbocycles. The van der Waals surface area contributed by atoms with E-state index >= 15 is 0 Å². The van der Waals surface area contributed by atoms with Crippen LogP contribution in [0.25, 0.3) is 10.8 Å². The number of carboxylic acid groups (broad SMARTS) is 1. The normalized spacial score (nSPS) is 18.6. The number of aliphatic carboxylic acids is 1. The van der Waals surface area contributed by atoms with Crippen LogP contribution >= 0.6 is 0 Å². The zero-order valence-corrected chi connectivity index (χ0v) is 18.5. The average molecular weight is 437 g/mol. The molecule has 4 rings (SSSR count). The van der Waals surface area contributed by atoms with Crippen molar-refractivity contribution in [2.45, 2.75) is 57.0 Å². The second-order valence-corrected chi connectivity index (χ2v) is 8.76. The standard InChI is InChI=1S/C26H32N2O4/c29-25(30)9-3-1-2-8-21(26(31)28(22-11-12-22)23-14-15-27-17-23)18-32-24-13-10-19-6-4-5-7-20(19)16-24/h4-8,10,13,16,22-23,27H,1-3,9,11-12,14-15,17-18H2,(H,29,30)/b21-8+. The van der Waals surface area contributed by atoms with Crippen molar-refractivity contribution in [3.05, 3.63) is 54.1 Å². The summed E-state index contributed by atoms with van der Waals surface area (Å²) >= 11 is 0. The van der Waals surface area contributed by atoms with E-state index in [1.165, 1.54) is 0 Å². The van der Waals surface area contributed by atoms with Gasteiger partial charge in [0.15, 0.2) is 0 Å². The lowest BCUT2D eigenvalue weighted by Gasteiger charge is -2.29. The fraction of sp³-hybridized carbons (Fsp3) is 0.462. The molecule has 1 saturated heterocycles. The van der Waals surface area contributed by atoms with Gasteiger partial charge in [-0.25, -0.2) is 0 Å². The maximum absolute atomic E-state index is 13.6. The van der Waals surface area contributed by atoms with Crippen LogP contribution in [0, 0.1) is 0 Å². The second-order valence-electron chi connectivity index (χ2n) is 8.76. The van der Waals surface area contributed by atoms with Crippen LogP contribution in [0.2, 0.25) is 0 Å². The zero-order valence-electron chi connectivity index (χ0n) is 18.5. The van der Waals surface area contributed by atoms with Crippen molar-refractivity contribution in [2.75, 3.05) is 19.7 Å². The van der Waals surface area contributed by atoms with Gasteiger partial charge in [0.2, 0.25) is 0 Å². The van der Waals surface area contributed by atoms with Gasteiger partial charge in [-0.1, -0.05) is 36.4 Å². The van der Waals surface area contributed by atoms with Crippen LogP contribution in [0.3, 0.4) is 0 Å². The minimum Gasteiger partial charge on any atom is -0.489 e. The number of carbonyl (C=O) groups excluding carboxylic acids is 1. The number of ether oxygens (including phenoxy) is 1. The van der Waals surface area contributed by atoms with Crippen LogP contribution in [0.5, 0.6) is 5.75 Å². The van der Waals surface area contributed by atoms with Crippen molar-refractivity contribution in [2.24, 2.45) is 0 Å². The molecule has 1 aliphatic heterocycles. The van der Waals surface area contributed by atoms with Crippen LogP contribution in [-0.4, -0.2) is 53.7 Å². The molecule has 2 aliphatic rings. The number of carboxylic acids is 1. The van der Waals surface area contributed by atoms with Crippen molar-refractivity contribution < 1.29 is 19.4 Å². The van der Waals surface area contributed by atoms with Gasteiger partial charge < -0.3 is 20.1 Å². The quantitative estimate of drug-likeness (QED) is 0.409. The van der Waals surface area contributed by atoms with E-state index in [0.29, 0.717) is 24.5 Å². The van der Waals surface area contributed by atoms with E-state index in [-0.39, 0.29) is 25.0 Å². The predicted octanol–water partition coefficient (Wildman–Crippen LogP) is 4.14. The zero-order chi connectivity index (χ0) is 22.3. The van der Waals surface area contributed by atoms with Crippen LogP contribution in [-0.2, 0) is 9.59 Å². The van der Waals surface area contributed by atoms with Crippen molar-refractivity contribution in [3.63, 3.8) is 0 Å². The first kappa shape index (κ1) is 22.3. The molecule has 2 fully saturated rings. The second kappa shape index (κ2) is 10.6. The summed E-state index contributed by atoms with van der Waals surface area (Å²) in [5.41, 5.74) is 0.673. The molecule has 0 bridgehead atoms. The highest BCUT2D eigenvalue weighted by Gasteiger charge is 2.39. The Balaban J connectivity index is 1.46. The molecule has 6 heteroatoms. The van der Waals surface area contributed by atoms with Gasteiger partial charge in [-0.05, 0) is 68.0 Å². The summed E-state index contributed by atoms with van der Waals surface area (Å²) in [6, 6.07) is 14.7. The molecule has 6 nitrogen and oxygen atoms in total. The van der Waals surface area contributed by atoms with Crippen molar-refractivity contribution in [1.82, 2.24) is 10.2 Å². The molecule has 170 valence electrons. The largest absolute Gasteiger partial charge is 0.489 e. The van der Waals surface area contributed by atoms with E-state index in [4.69, 9.17) is 9.84 Å². The molecular weight excluding hydrogens is 404 g/mol. The lowest BCUT2D eigenvalue weighted by atomic mass is 10.1. The van der Waals surface area contributed by atoms with Gasteiger partial charge in [-0.3, -0.25) is 9.59 Å². The molecule has 1 atom stereocenters. The maximum Gasteiger partial charge on any atom is 0.303 e. The molecule has 1 unspecified atom stereocenters. The molecule has 2 N–H and O–H groups in total. The van der Waals surface area contributed by atoms with E-state index in [2.05, 4.69) is 22.3 Å².